The summed E-state index contributed by atoms with van der Waals surface area (Å²) < 4.78 is 25.9. The van der Waals surface area contributed by atoms with Gasteiger partial charge in [0.1, 0.15) is 0 Å². The van der Waals surface area contributed by atoms with Crippen molar-refractivity contribution in [2.45, 2.75) is 38.0 Å². The molecular weight excluding hydrogens is 174 g/mol. The van der Waals surface area contributed by atoms with Crippen LogP contribution in [0.5, 0.6) is 0 Å². The molecule has 0 aliphatic heterocycles. The SMILES string of the molecule is O=C1C=C2CCCCC2CC1(F)F. The smallest absolute Gasteiger partial charge is 0.288 e. The minimum atomic E-state index is -3.09. The third kappa shape index (κ3) is 1.52. The van der Waals surface area contributed by atoms with Crippen LogP contribution in [0.15, 0.2) is 11.6 Å². The van der Waals surface area contributed by atoms with Crippen LogP contribution in [0.1, 0.15) is 32.1 Å². The van der Waals surface area contributed by atoms with Crippen LogP contribution < -0.4 is 0 Å². The second kappa shape index (κ2) is 2.89. The molecule has 3 heteroatoms. The highest BCUT2D eigenvalue weighted by molar-refractivity contribution is 5.97. The molecule has 1 fully saturated rings. The van der Waals surface area contributed by atoms with Crippen molar-refractivity contribution in [2.75, 3.05) is 0 Å². The van der Waals surface area contributed by atoms with Crippen molar-refractivity contribution in [3.8, 4) is 0 Å². The molecule has 0 aromatic carbocycles. The summed E-state index contributed by atoms with van der Waals surface area (Å²) in [6.45, 7) is 0. The number of allylic oxidation sites excluding steroid dienone is 2. The van der Waals surface area contributed by atoms with Crippen LogP contribution in [0.25, 0.3) is 0 Å². The number of hydrogen-bond acceptors (Lipinski definition) is 1. The molecular formula is C10H12F2O. The number of halogens is 2. The lowest BCUT2D eigenvalue weighted by molar-refractivity contribution is -0.141. The standard InChI is InChI=1S/C10H12F2O/c11-10(12)6-8-4-2-1-3-7(8)5-9(10)13/h5,8H,1-4,6H2. The molecule has 0 radical (unpaired) electrons. The summed E-state index contributed by atoms with van der Waals surface area (Å²) in [5, 5.41) is 0. The van der Waals surface area contributed by atoms with Crippen molar-refractivity contribution in [3.63, 3.8) is 0 Å². The number of alkyl halides is 2. The average molecular weight is 186 g/mol. The van der Waals surface area contributed by atoms with E-state index in [-0.39, 0.29) is 12.3 Å². The van der Waals surface area contributed by atoms with Crippen molar-refractivity contribution in [3.05, 3.63) is 11.6 Å². The van der Waals surface area contributed by atoms with Gasteiger partial charge < -0.3 is 0 Å². The maximum Gasteiger partial charge on any atom is 0.309 e. The lowest BCUT2D eigenvalue weighted by atomic mass is 9.76. The highest BCUT2D eigenvalue weighted by Gasteiger charge is 2.44. The van der Waals surface area contributed by atoms with E-state index in [0.29, 0.717) is 0 Å². The highest BCUT2D eigenvalue weighted by atomic mass is 19.3. The summed E-state index contributed by atoms with van der Waals surface area (Å²) in [7, 11) is 0. The van der Waals surface area contributed by atoms with Gasteiger partial charge in [-0.05, 0) is 31.3 Å². The molecule has 0 N–H and O–H groups in total. The quantitative estimate of drug-likeness (QED) is 0.568. The van der Waals surface area contributed by atoms with Gasteiger partial charge in [0.25, 0.3) is 0 Å². The lowest BCUT2D eigenvalue weighted by Gasteiger charge is -2.31. The van der Waals surface area contributed by atoms with Crippen molar-refractivity contribution < 1.29 is 13.6 Å². The molecule has 0 amide bonds. The second-order valence-electron chi connectivity index (χ2n) is 3.93. The fourth-order valence-electron chi connectivity index (χ4n) is 2.22. The van der Waals surface area contributed by atoms with Gasteiger partial charge in [0.15, 0.2) is 0 Å². The topological polar surface area (TPSA) is 17.1 Å². The first-order valence-corrected chi connectivity index (χ1v) is 4.72. The Bertz CT molecular complexity index is 268. The molecule has 0 heterocycles. The maximum absolute atomic E-state index is 13.0. The number of fused-ring (bicyclic) bond motifs is 1. The molecule has 0 saturated heterocycles. The van der Waals surface area contributed by atoms with Gasteiger partial charge in [0.2, 0.25) is 5.78 Å². The van der Waals surface area contributed by atoms with E-state index >= 15 is 0 Å². The molecule has 1 unspecified atom stereocenters. The van der Waals surface area contributed by atoms with Gasteiger partial charge in [-0.25, -0.2) is 0 Å². The van der Waals surface area contributed by atoms with Gasteiger partial charge in [-0.15, -0.1) is 0 Å². The van der Waals surface area contributed by atoms with Gasteiger partial charge in [-0.3, -0.25) is 4.79 Å². The Hall–Kier alpha value is -0.730. The zero-order chi connectivity index (χ0) is 9.47. The number of carbonyl (C=O) groups excluding carboxylic acids is 1. The Labute approximate surface area is 75.8 Å². The fourth-order valence-corrected chi connectivity index (χ4v) is 2.22. The summed E-state index contributed by atoms with van der Waals surface area (Å²) in [6.07, 6.45) is 4.67. The molecule has 13 heavy (non-hydrogen) atoms. The van der Waals surface area contributed by atoms with Crippen molar-refractivity contribution in [1.82, 2.24) is 0 Å². The fraction of sp³-hybridized carbons (Fsp3) is 0.700. The third-order valence-corrected chi connectivity index (χ3v) is 2.97. The molecule has 72 valence electrons. The Balaban J connectivity index is 2.26. The number of carbonyl (C=O) groups is 1. The first-order chi connectivity index (χ1) is 6.09. The third-order valence-electron chi connectivity index (χ3n) is 2.97. The molecule has 1 saturated carbocycles. The molecule has 0 aromatic heterocycles. The monoisotopic (exact) mass is 186 g/mol. The van der Waals surface area contributed by atoms with Crippen LogP contribution in [-0.2, 0) is 4.79 Å². The molecule has 0 bridgehead atoms. The van der Waals surface area contributed by atoms with E-state index in [1.165, 1.54) is 6.08 Å². The summed E-state index contributed by atoms with van der Waals surface area (Å²) in [5.41, 5.74) is 0.960. The lowest BCUT2D eigenvalue weighted by Crippen LogP contribution is -2.35. The van der Waals surface area contributed by atoms with Crippen LogP contribution in [0, 0.1) is 5.92 Å². The number of ketones is 1. The largest absolute Gasteiger partial charge is 0.309 e. The zero-order valence-electron chi connectivity index (χ0n) is 7.35. The highest BCUT2D eigenvalue weighted by Crippen LogP contribution is 2.41. The van der Waals surface area contributed by atoms with Crippen LogP contribution in [0.3, 0.4) is 0 Å². The van der Waals surface area contributed by atoms with Crippen LogP contribution in [-0.4, -0.2) is 11.7 Å². The average Bonchev–Trinajstić information content (AvgIpc) is 2.06. The van der Waals surface area contributed by atoms with Gasteiger partial charge in [0.05, 0.1) is 0 Å². The molecule has 0 aromatic rings. The Morgan fingerprint density at radius 2 is 2.15 bits per heavy atom. The summed E-state index contributed by atoms with van der Waals surface area (Å²) in [4.78, 5) is 10.9. The molecule has 2 aliphatic carbocycles. The molecule has 2 aliphatic rings. The van der Waals surface area contributed by atoms with Crippen molar-refractivity contribution >= 4 is 5.78 Å². The first kappa shape index (κ1) is 8.85. The van der Waals surface area contributed by atoms with Gasteiger partial charge >= 0.3 is 5.92 Å². The van der Waals surface area contributed by atoms with Gasteiger partial charge in [-0.1, -0.05) is 12.0 Å². The molecule has 1 atom stereocenters. The molecule has 2 rings (SSSR count). The number of rotatable bonds is 0. The van der Waals surface area contributed by atoms with E-state index in [0.717, 1.165) is 31.3 Å². The van der Waals surface area contributed by atoms with E-state index in [1.807, 2.05) is 0 Å². The predicted octanol–water partition coefficient (Wildman–Crippen LogP) is 2.71. The van der Waals surface area contributed by atoms with Gasteiger partial charge in [-0.2, -0.15) is 8.78 Å². The van der Waals surface area contributed by atoms with Crippen molar-refractivity contribution in [2.24, 2.45) is 5.92 Å². The van der Waals surface area contributed by atoms with Gasteiger partial charge in [0, 0.05) is 6.42 Å². The summed E-state index contributed by atoms with van der Waals surface area (Å²) in [5.74, 6) is -4.10. The second-order valence-corrected chi connectivity index (χ2v) is 3.93. The Morgan fingerprint density at radius 3 is 2.92 bits per heavy atom. The predicted molar refractivity (Wildman–Crippen MR) is 44.6 cm³/mol. The first-order valence-electron chi connectivity index (χ1n) is 4.72. The Morgan fingerprint density at radius 1 is 1.38 bits per heavy atom. The number of hydrogen-bond donors (Lipinski definition) is 0. The van der Waals surface area contributed by atoms with Crippen LogP contribution >= 0.6 is 0 Å². The van der Waals surface area contributed by atoms with Crippen LogP contribution in [0.2, 0.25) is 0 Å². The minimum absolute atomic E-state index is 0.0264. The van der Waals surface area contributed by atoms with E-state index in [1.54, 1.807) is 0 Å². The summed E-state index contributed by atoms with van der Waals surface area (Å²) in [6, 6.07) is 0. The normalized spacial score (nSPS) is 32.3. The van der Waals surface area contributed by atoms with E-state index < -0.39 is 11.7 Å². The van der Waals surface area contributed by atoms with E-state index in [9.17, 15) is 13.6 Å². The van der Waals surface area contributed by atoms with Crippen LogP contribution in [0.4, 0.5) is 8.78 Å². The Kier molecular flexibility index (Phi) is 1.97. The minimum Gasteiger partial charge on any atom is -0.288 e. The van der Waals surface area contributed by atoms with E-state index in [4.69, 9.17) is 0 Å². The molecule has 0 spiro atoms. The van der Waals surface area contributed by atoms with E-state index in [2.05, 4.69) is 0 Å². The molecule has 1 nitrogen and oxygen atoms in total. The summed E-state index contributed by atoms with van der Waals surface area (Å²) >= 11 is 0. The van der Waals surface area contributed by atoms with Crippen molar-refractivity contribution in [1.29, 1.82) is 0 Å². The maximum atomic E-state index is 13.0. The zero-order valence-corrected chi connectivity index (χ0v) is 7.35.